The van der Waals surface area contributed by atoms with Gasteiger partial charge in [0.25, 0.3) is 5.56 Å². The molecular formula is C17H21N3O6. The summed E-state index contributed by atoms with van der Waals surface area (Å²) in [5.74, 6) is -0.645. The molecule has 1 aromatic carbocycles. The highest BCUT2D eigenvalue weighted by molar-refractivity contribution is 5.82. The van der Waals surface area contributed by atoms with E-state index in [0.29, 0.717) is 5.69 Å². The Morgan fingerprint density at radius 3 is 2.27 bits per heavy atom. The highest BCUT2D eigenvalue weighted by Crippen LogP contribution is 2.19. The van der Waals surface area contributed by atoms with Crippen LogP contribution in [0.15, 0.2) is 32.8 Å². The molecular weight excluding hydrogens is 342 g/mol. The van der Waals surface area contributed by atoms with Crippen LogP contribution in [0, 0.1) is 13.8 Å². The fourth-order valence-corrected chi connectivity index (χ4v) is 2.23. The number of hydrogen-bond acceptors (Lipinski definition) is 7. The summed E-state index contributed by atoms with van der Waals surface area (Å²) in [5.41, 5.74) is -1.45. The number of benzene rings is 1. The molecule has 26 heavy (non-hydrogen) atoms. The molecule has 1 heterocycles. The van der Waals surface area contributed by atoms with Crippen molar-refractivity contribution in [3.63, 3.8) is 0 Å². The van der Waals surface area contributed by atoms with E-state index in [0.717, 1.165) is 21.9 Å². The van der Waals surface area contributed by atoms with E-state index >= 15 is 0 Å². The van der Waals surface area contributed by atoms with Gasteiger partial charge >= 0.3 is 5.69 Å². The minimum atomic E-state index is -1.61. The first-order valence-electron chi connectivity index (χ1n) is 7.82. The van der Waals surface area contributed by atoms with Crippen LogP contribution in [0.3, 0.4) is 0 Å². The number of aliphatic hydroxyl groups is 3. The normalized spacial score (nSPS) is 12.0. The second-order valence-corrected chi connectivity index (χ2v) is 6.06. The lowest BCUT2D eigenvalue weighted by molar-refractivity contribution is 0.0718. The van der Waals surface area contributed by atoms with Gasteiger partial charge < -0.3 is 20.4 Å². The van der Waals surface area contributed by atoms with Crippen molar-refractivity contribution in [3.8, 4) is 11.6 Å². The smallest absolute Gasteiger partial charge is 0.335 e. The maximum atomic E-state index is 12.2. The van der Waals surface area contributed by atoms with Gasteiger partial charge in [0.2, 0.25) is 5.88 Å². The van der Waals surface area contributed by atoms with Crippen molar-refractivity contribution in [1.82, 2.24) is 9.55 Å². The first kappa shape index (κ1) is 19.6. The summed E-state index contributed by atoms with van der Waals surface area (Å²) in [4.78, 5) is 30.1. The summed E-state index contributed by atoms with van der Waals surface area (Å²) < 4.78 is 0.910. The maximum absolute atomic E-state index is 12.2. The van der Waals surface area contributed by atoms with E-state index in [1.54, 1.807) is 18.2 Å². The van der Waals surface area contributed by atoms with Crippen molar-refractivity contribution in [3.05, 3.63) is 55.7 Å². The summed E-state index contributed by atoms with van der Waals surface area (Å²) in [5, 5.41) is 38.3. The van der Waals surface area contributed by atoms with Crippen molar-refractivity contribution in [1.29, 1.82) is 0 Å². The first-order valence-corrected chi connectivity index (χ1v) is 7.82. The number of nitrogens with one attached hydrogen (secondary N) is 1. The fourth-order valence-electron chi connectivity index (χ4n) is 2.23. The number of aromatic nitrogens is 2. The van der Waals surface area contributed by atoms with Crippen LogP contribution in [0.4, 0.5) is 0 Å². The highest BCUT2D eigenvalue weighted by Gasteiger charge is 2.27. The third kappa shape index (κ3) is 3.59. The lowest BCUT2D eigenvalue weighted by atomic mass is 10.1. The molecule has 9 nitrogen and oxygen atoms in total. The number of hydrogen-bond donors (Lipinski definition) is 5. The number of rotatable bonds is 6. The van der Waals surface area contributed by atoms with Gasteiger partial charge in [0, 0.05) is 6.21 Å². The topological polar surface area (TPSA) is 148 Å². The van der Waals surface area contributed by atoms with Crippen LogP contribution in [0.2, 0.25) is 0 Å². The number of aromatic amines is 1. The second kappa shape index (κ2) is 7.65. The van der Waals surface area contributed by atoms with Crippen molar-refractivity contribution >= 4 is 6.21 Å². The predicted molar refractivity (Wildman–Crippen MR) is 95.4 cm³/mol. The number of aliphatic imine (C=N–C) groups is 1. The Hall–Kier alpha value is -2.75. The van der Waals surface area contributed by atoms with E-state index in [1.165, 1.54) is 0 Å². The summed E-state index contributed by atoms with van der Waals surface area (Å²) in [7, 11) is 0. The summed E-state index contributed by atoms with van der Waals surface area (Å²) >= 11 is 0. The summed E-state index contributed by atoms with van der Waals surface area (Å²) in [6.45, 7) is 1.71. The molecule has 5 N–H and O–H groups in total. The third-order valence-electron chi connectivity index (χ3n) is 4.22. The van der Waals surface area contributed by atoms with Crippen molar-refractivity contribution in [2.24, 2.45) is 4.99 Å². The van der Waals surface area contributed by atoms with Crippen LogP contribution < -0.4 is 11.2 Å². The molecule has 0 radical (unpaired) electrons. The largest absolute Gasteiger partial charge is 0.493 e. The number of aliphatic hydroxyl groups excluding tert-OH is 3. The van der Waals surface area contributed by atoms with Crippen molar-refractivity contribution in [2.75, 3.05) is 19.8 Å². The monoisotopic (exact) mass is 363 g/mol. The van der Waals surface area contributed by atoms with Gasteiger partial charge in [-0.15, -0.1) is 0 Å². The van der Waals surface area contributed by atoms with E-state index in [2.05, 4.69) is 9.98 Å². The van der Waals surface area contributed by atoms with E-state index in [1.807, 2.05) is 13.8 Å². The van der Waals surface area contributed by atoms with Crippen LogP contribution in [0.1, 0.15) is 16.7 Å². The first-order chi connectivity index (χ1) is 12.3. The fraction of sp³-hybridized carbons (Fsp3) is 0.353. The van der Waals surface area contributed by atoms with Crippen LogP contribution in [0.5, 0.6) is 5.88 Å². The molecule has 0 aliphatic rings. The minimum absolute atomic E-state index is 0.345. The second-order valence-electron chi connectivity index (χ2n) is 6.06. The Morgan fingerprint density at radius 2 is 1.73 bits per heavy atom. The van der Waals surface area contributed by atoms with Crippen LogP contribution >= 0.6 is 0 Å². The standard InChI is InChI=1S/C17H21N3O6/c1-10-3-4-12(5-11(10)2)20-15(25)13(14(24)19-16(20)26)6-18-17(7-21,8-22)9-23/h3-6,21-23,25H,7-9H2,1-2H3,(H,19,24,26). The molecule has 140 valence electrons. The zero-order chi connectivity index (χ0) is 19.5. The molecule has 0 aliphatic heterocycles. The Balaban J connectivity index is 2.65. The Morgan fingerprint density at radius 1 is 1.12 bits per heavy atom. The number of nitrogens with zero attached hydrogens (tertiary/aromatic N) is 2. The maximum Gasteiger partial charge on any atom is 0.335 e. The van der Waals surface area contributed by atoms with Gasteiger partial charge in [-0.05, 0) is 37.1 Å². The molecule has 0 saturated carbocycles. The summed E-state index contributed by atoms with van der Waals surface area (Å²) in [6, 6.07) is 5.06. The zero-order valence-electron chi connectivity index (χ0n) is 14.4. The van der Waals surface area contributed by atoms with E-state index in [-0.39, 0.29) is 5.56 Å². The Bertz CT molecular complexity index is 932. The predicted octanol–water partition coefficient (Wildman–Crippen LogP) is -1.02. The minimum Gasteiger partial charge on any atom is -0.493 e. The molecule has 0 aliphatic carbocycles. The van der Waals surface area contributed by atoms with E-state index in [4.69, 9.17) is 0 Å². The molecule has 0 amide bonds. The molecule has 0 spiro atoms. The van der Waals surface area contributed by atoms with Gasteiger partial charge in [-0.3, -0.25) is 14.8 Å². The lowest BCUT2D eigenvalue weighted by Gasteiger charge is -2.22. The van der Waals surface area contributed by atoms with Gasteiger partial charge in [-0.1, -0.05) is 6.07 Å². The van der Waals surface area contributed by atoms with Crippen LogP contribution in [-0.2, 0) is 0 Å². The van der Waals surface area contributed by atoms with Gasteiger partial charge in [-0.25, -0.2) is 9.36 Å². The molecule has 9 heteroatoms. The molecule has 0 fully saturated rings. The number of aromatic hydroxyl groups is 1. The highest BCUT2D eigenvalue weighted by atomic mass is 16.3. The van der Waals surface area contributed by atoms with Crippen LogP contribution in [0.25, 0.3) is 5.69 Å². The third-order valence-corrected chi connectivity index (χ3v) is 4.22. The van der Waals surface area contributed by atoms with Gasteiger partial charge in [0.05, 0.1) is 25.5 Å². The quantitative estimate of drug-likeness (QED) is 0.415. The Kier molecular flexibility index (Phi) is 5.76. The van der Waals surface area contributed by atoms with Crippen LogP contribution in [-0.4, -0.2) is 61.6 Å². The molecule has 0 unspecified atom stereocenters. The number of aryl methyl sites for hydroxylation is 2. The van der Waals surface area contributed by atoms with E-state index < -0.39 is 42.5 Å². The molecule has 2 rings (SSSR count). The molecule has 2 aromatic rings. The number of H-pyrrole nitrogens is 1. The van der Waals surface area contributed by atoms with Crippen molar-refractivity contribution in [2.45, 2.75) is 19.4 Å². The van der Waals surface area contributed by atoms with Gasteiger partial charge in [0.1, 0.15) is 11.1 Å². The summed E-state index contributed by atoms with van der Waals surface area (Å²) in [6.07, 6.45) is 0.911. The zero-order valence-corrected chi connectivity index (χ0v) is 14.4. The van der Waals surface area contributed by atoms with Gasteiger partial charge in [0.15, 0.2) is 0 Å². The van der Waals surface area contributed by atoms with E-state index in [9.17, 15) is 30.0 Å². The molecule has 0 saturated heterocycles. The van der Waals surface area contributed by atoms with Crippen molar-refractivity contribution < 1.29 is 20.4 Å². The lowest BCUT2D eigenvalue weighted by Crippen LogP contribution is -2.40. The molecule has 1 aromatic heterocycles. The average molecular weight is 363 g/mol. The molecule has 0 atom stereocenters. The Labute approximate surface area is 148 Å². The van der Waals surface area contributed by atoms with Gasteiger partial charge in [-0.2, -0.15) is 0 Å². The molecule has 0 bridgehead atoms. The SMILES string of the molecule is Cc1ccc(-n2c(O)c(C=NC(CO)(CO)CO)c(=O)[nH]c2=O)cc1C. The average Bonchev–Trinajstić information content (AvgIpc) is 2.61.